The highest BCUT2D eigenvalue weighted by molar-refractivity contribution is 6.94. The summed E-state index contributed by atoms with van der Waals surface area (Å²) in [6, 6.07) is 0. The Hall–Kier alpha value is 2.08. The van der Waals surface area contributed by atoms with Crippen molar-refractivity contribution in [2.45, 2.75) is 157 Å². The van der Waals surface area contributed by atoms with Gasteiger partial charge in [0.05, 0.1) is 0 Å². The zero-order valence-electron chi connectivity index (χ0n) is 37.3. The summed E-state index contributed by atoms with van der Waals surface area (Å²) < 4.78 is 88.0. The van der Waals surface area contributed by atoms with Crippen molar-refractivity contribution in [1.82, 2.24) is 0 Å². The molecule has 0 aromatic heterocycles. The van der Waals surface area contributed by atoms with Crippen molar-refractivity contribution < 1.29 is 54.1 Å². The van der Waals surface area contributed by atoms with E-state index in [4.69, 9.17) is 54.1 Å². The van der Waals surface area contributed by atoms with E-state index in [0.717, 1.165) is 0 Å². The van der Waals surface area contributed by atoms with Gasteiger partial charge in [-0.25, -0.2) is 0 Å². The minimum Gasteiger partial charge on any atom is -0.417 e. The molecule has 0 saturated carbocycles. The van der Waals surface area contributed by atoms with Crippen molar-refractivity contribution in [2.24, 2.45) is 0 Å². The Morgan fingerprint density at radius 1 is 0.176 bits per heavy atom. The van der Waals surface area contributed by atoms with E-state index in [2.05, 4.69) is 118 Å². The molecule has 51 heavy (non-hydrogen) atoms. The second-order valence-corrected chi connectivity index (χ2v) is 64.9. The normalized spacial score (nSPS) is 21.5. The molecule has 0 aromatic rings. The maximum Gasteiger partial charge on any atom is 0.479 e. The monoisotopic (exact) mass is 934 g/mol. The first kappa shape index (κ1) is 53.1. The number of hydrogen-bond donors (Lipinski definition) is 0. The van der Waals surface area contributed by atoms with E-state index in [-0.39, 0.29) is 0 Å². The molecule has 0 bridgehead atoms. The third-order valence-corrected chi connectivity index (χ3v) is 45.5. The Morgan fingerprint density at radius 3 is 0.412 bits per heavy atom. The highest BCUT2D eigenvalue weighted by atomic mass is 28.6. The standard InChI is InChI=1S/C26H78O13Si12/c1-27-46(21,29-40(3,4)5)35-48(23,31-42(9,10)11)37-50(25,33-44(15,16)17)39-51(26,34-45(18,19)20)38-49(24,32-43(12,13)14)36-47(22,28-2)30-41(6,7)8/h1-26H3. The van der Waals surface area contributed by atoms with Gasteiger partial charge in [-0.05, 0) is 118 Å². The van der Waals surface area contributed by atoms with Crippen molar-refractivity contribution in [1.29, 1.82) is 0 Å². The van der Waals surface area contributed by atoms with Gasteiger partial charge in [-0.1, -0.05) is 0 Å². The summed E-state index contributed by atoms with van der Waals surface area (Å²) in [5.74, 6) is 0. The van der Waals surface area contributed by atoms with E-state index in [1.54, 1.807) is 14.2 Å². The molecule has 0 aliphatic heterocycles. The van der Waals surface area contributed by atoms with Gasteiger partial charge in [0.15, 0.2) is 49.9 Å². The van der Waals surface area contributed by atoms with Crippen LogP contribution in [0.15, 0.2) is 0 Å². The van der Waals surface area contributed by atoms with Crippen LogP contribution in [0.25, 0.3) is 0 Å². The van der Waals surface area contributed by atoms with Crippen LogP contribution in [0.3, 0.4) is 0 Å². The summed E-state index contributed by atoms with van der Waals surface area (Å²) in [5.41, 5.74) is 0. The molecule has 0 spiro atoms. The van der Waals surface area contributed by atoms with Gasteiger partial charge < -0.3 is 54.1 Å². The van der Waals surface area contributed by atoms with Gasteiger partial charge in [0.2, 0.25) is 0 Å². The van der Waals surface area contributed by atoms with Crippen LogP contribution in [0.5, 0.6) is 0 Å². The maximum absolute atomic E-state index is 7.22. The molecule has 0 aliphatic rings. The van der Waals surface area contributed by atoms with Crippen molar-refractivity contribution >= 4 is 103 Å². The Kier molecular flexibility index (Phi) is 18.7. The second kappa shape index (κ2) is 17.9. The van der Waals surface area contributed by atoms with E-state index in [0.29, 0.717) is 0 Å². The average molecular weight is 936 g/mol. The molecule has 6 unspecified atom stereocenters. The molecule has 0 saturated heterocycles. The Balaban J connectivity index is 7.53. The Labute approximate surface area is 326 Å². The van der Waals surface area contributed by atoms with Crippen molar-refractivity contribution in [3.8, 4) is 0 Å². The topological polar surface area (TPSA) is 120 Å². The lowest BCUT2D eigenvalue weighted by molar-refractivity contribution is 0.107. The van der Waals surface area contributed by atoms with E-state index in [9.17, 15) is 0 Å². The van der Waals surface area contributed by atoms with Crippen LogP contribution in [0.4, 0.5) is 0 Å². The summed E-state index contributed by atoms with van der Waals surface area (Å²) in [6.45, 7) is 49.2. The van der Waals surface area contributed by atoms with Gasteiger partial charge in [-0.15, -0.1) is 0 Å². The summed E-state index contributed by atoms with van der Waals surface area (Å²) in [7, 11) is -31.4. The molecule has 0 fully saturated rings. The van der Waals surface area contributed by atoms with Gasteiger partial charge in [0.1, 0.15) is 0 Å². The molecule has 0 heterocycles. The number of rotatable bonds is 24. The Morgan fingerprint density at radius 2 is 0.294 bits per heavy atom. The fourth-order valence-corrected chi connectivity index (χ4v) is 54.6. The predicted octanol–water partition coefficient (Wildman–Crippen LogP) is 8.88. The van der Waals surface area contributed by atoms with Crippen LogP contribution >= 0.6 is 0 Å². The average Bonchev–Trinajstić information content (AvgIpc) is 2.68. The highest BCUT2D eigenvalue weighted by Crippen LogP contribution is 2.35. The zero-order valence-corrected chi connectivity index (χ0v) is 49.3. The molecule has 0 N–H and O–H groups in total. The highest BCUT2D eigenvalue weighted by Gasteiger charge is 2.62. The predicted molar refractivity (Wildman–Crippen MR) is 236 cm³/mol. The van der Waals surface area contributed by atoms with Crippen LogP contribution < -0.4 is 0 Å². The van der Waals surface area contributed by atoms with E-state index in [1.807, 2.05) is 39.3 Å². The fourth-order valence-electron chi connectivity index (χ4n) is 5.48. The van der Waals surface area contributed by atoms with Crippen LogP contribution in [0.1, 0.15) is 0 Å². The molecule has 13 nitrogen and oxygen atoms in total. The second-order valence-electron chi connectivity index (χ2n) is 19.4. The minimum atomic E-state index is -3.76. The molecular weight excluding hydrogens is 857 g/mol. The van der Waals surface area contributed by atoms with Crippen molar-refractivity contribution in [3.05, 3.63) is 0 Å². The minimum absolute atomic E-state index is 1.62. The zero-order chi connectivity index (χ0) is 41.2. The van der Waals surface area contributed by atoms with E-state index >= 15 is 0 Å². The SMILES string of the molecule is CO[Si](C)(O[Si](C)(C)C)O[Si](C)(O[Si](C)(C)C)O[Si](C)(O[Si](C)(C)C)O[Si](C)(O[Si](C)(C)C)O[Si](C)(O[Si](C)(C)C)O[Si](C)(OC)O[Si](C)(C)C. The third kappa shape index (κ3) is 23.8. The van der Waals surface area contributed by atoms with Gasteiger partial charge >= 0.3 is 52.8 Å². The molecule has 0 radical (unpaired) electrons. The molecular formula is C26H78O13Si12. The van der Waals surface area contributed by atoms with Crippen molar-refractivity contribution in [2.75, 3.05) is 14.2 Å². The first-order chi connectivity index (χ1) is 21.9. The largest absolute Gasteiger partial charge is 0.479 e. The summed E-state index contributed by atoms with van der Waals surface area (Å²) in [6.07, 6.45) is 0. The van der Waals surface area contributed by atoms with Gasteiger partial charge in [-0.2, -0.15) is 0 Å². The molecule has 308 valence electrons. The third-order valence-electron chi connectivity index (χ3n) is 5.55. The van der Waals surface area contributed by atoms with Crippen LogP contribution in [-0.2, 0) is 54.1 Å². The molecule has 0 aliphatic carbocycles. The first-order valence-corrected chi connectivity index (χ1v) is 51.5. The van der Waals surface area contributed by atoms with E-state index in [1.165, 1.54) is 0 Å². The molecule has 0 amide bonds. The smallest absolute Gasteiger partial charge is 0.417 e. The number of hydrogen-bond acceptors (Lipinski definition) is 13. The van der Waals surface area contributed by atoms with Crippen LogP contribution in [0, 0.1) is 0 Å². The Bertz CT molecular complexity index is 1020. The lowest BCUT2D eigenvalue weighted by Crippen LogP contribution is -2.70. The summed E-state index contributed by atoms with van der Waals surface area (Å²) >= 11 is 0. The first-order valence-electron chi connectivity index (χ1n) is 17.7. The lowest BCUT2D eigenvalue weighted by atomic mass is 11.8. The van der Waals surface area contributed by atoms with E-state index < -0.39 is 103 Å². The van der Waals surface area contributed by atoms with Crippen LogP contribution in [0.2, 0.25) is 157 Å². The maximum atomic E-state index is 7.22. The van der Waals surface area contributed by atoms with Gasteiger partial charge in [-0.3, -0.25) is 0 Å². The molecule has 6 atom stereocenters. The summed E-state index contributed by atoms with van der Waals surface area (Å²) in [5, 5.41) is 0. The van der Waals surface area contributed by atoms with Crippen molar-refractivity contribution in [3.63, 3.8) is 0 Å². The quantitative estimate of drug-likeness (QED) is 0.0859. The fraction of sp³-hybridized carbons (Fsp3) is 1.00. The van der Waals surface area contributed by atoms with Gasteiger partial charge in [0.25, 0.3) is 0 Å². The lowest BCUT2D eigenvalue weighted by Gasteiger charge is -2.48. The molecule has 0 rings (SSSR count). The molecule has 25 heteroatoms. The summed E-state index contributed by atoms with van der Waals surface area (Å²) in [4.78, 5) is 0. The molecule has 0 aromatic carbocycles. The van der Waals surface area contributed by atoms with Crippen LogP contribution in [-0.4, -0.2) is 117 Å². The van der Waals surface area contributed by atoms with Gasteiger partial charge in [0, 0.05) is 53.5 Å².